The number of hydrogen-bond acceptors (Lipinski definition) is 2. The molecule has 1 atom stereocenters. The maximum Gasteiger partial charge on any atom is 0.0991 e. The van der Waals surface area contributed by atoms with E-state index in [0.717, 1.165) is 18.5 Å². The Morgan fingerprint density at radius 3 is 2.54 bits per heavy atom. The molecule has 2 heteroatoms. The lowest BCUT2D eigenvalue weighted by Crippen LogP contribution is -2.12. The number of benzene rings is 1. The zero-order valence-electron chi connectivity index (χ0n) is 16.6. The molecule has 26 heavy (non-hydrogen) atoms. The van der Waals surface area contributed by atoms with Crippen molar-refractivity contribution < 1.29 is 0 Å². The number of aromatic nitrogens is 1. The van der Waals surface area contributed by atoms with Gasteiger partial charge in [0, 0.05) is 17.8 Å². The summed E-state index contributed by atoms with van der Waals surface area (Å²) < 4.78 is 0. The average Bonchev–Trinajstić information content (AvgIpc) is 2.66. The first-order chi connectivity index (χ1) is 12.5. The number of pyridine rings is 1. The molecule has 0 spiro atoms. The van der Waals surface area contributed by atoms with Crippen LogP contribution in [-0.2, 0) is 6.42 Å². The smallest absolute Gasteiger partial charge is 0.0991 e. The van der Waals surface area contributed by atoms with Gasteiger partial charge in [0.2, 0.25) is 0 Å². The Kier molecular flexibility index (Phi) is 6.52. The average molecular weight is 345 g/mol. The third-order valence-electron chi connectivity index (χ3n) is 5.21. The van der Waals surface area contributed by atoms with Gasteiger partial charge in [0.15, 0.2) is 0 Å². The van der Waals surface area contributed by atoms with Gasteiger partial charge < -0.3 is 0 Å². The van der Waals surface area contributed by atoms with Crippen LogP contribution in [-0.4, -0.2) is 4.98 Å². The second-order valence-electron chi connectivity index (χ2n) is 6.73. The Bertz CT molecular complexity index is 861. The summed E-state index contributed by atoms with van der Waals surface area (Å²) in [4.78, 5) is 4.57. The van der Waals surface area contributed by atoms with Crippen LogP contribution in [0.3, 0.4) is 0 Å². The van der Waals surface area contributed by atoms with E-state index in [0.29, 0.717) is 5.56 Å². The first kappa shape index (κ1) is 19.7. The van der Waals surface area contributed by atoms with Crippen molar-refractivity contribution in [3.8, 4) is 6.07 Å². The zero-order valence-corrected chi connectivity index (χ0v) is 16.6. The summed E-state index contributed by atoms with van der Waals surface area (Å²) in [5, 5.41) is 9.29. The number of aryl methyl sites for hydroxylation is 3. The molecule has 0 bridgehead atoms. The highest BCUT2D eigenvalue weighted by atomic mass is 14.7. The second kappa shape index (κ2) is 8.63. The Balaban J connectivity index is 2.87. The fourth-order valence-corrected chi connectivity index (χ4v) is 3.63. The number of rotatable bonds is 6. The molecule has 0 saturated heterocycles. The van der Waals surface area contributed by atoms with Crippen molar-refractivity contribution in [3.05, 3.63) is 87.8 Å². The van der Waals surface area contributed by atoms with Gasteiger partial charge in [0.1, 0.15) is 0 Å². The molecule has 1 unspecified atom stereocenters. The van der Waals surface area contributed by atoms with Gasteiger partial charge in [-0.25, -0.2) is 0 Å². The summed E-state index contributed by atoms with van der Waals surface area (Å²) in [5.41, 5.74) is 9.26. The molecular weight excluding hydrogens is 316 g/mol. The van der Waals surface area contributed by atoms with E-state index in [1.54, 1.807) is 0 Å². The third kappa shape index (κ3) is 3.78. The van der Waals surface area contributed by atoms with Gasteiger partial charge >= 0.3 is 0 Å². The first-order valence-corrected chi connectivity index (χ1v) is 9.25. The maximum atomic E-state index is 9.29. The SMILES string of the molecule is C=C/C(=C(/C)CC)C(c1ccc(C#N)cc1CC)c1c(C)ccnc1C. The summed E-state index contributed by atoms with van der Waals surface area (Å²) in [6, 6.07) is 10.4. The fraction of sp³-hybridized carbons (Fsp3) is 0.333. The van der Waals surface area contributed by atoms with E-state index in [4.69, 9.17) is 0 Å². The van der Waals surface area contributed by atoms with Crippen LogP contribution in [0.25, 0.3) is 0 Å². The Labute approximate surface area is 157 Å². The Hall–Kier alpha value is -2.66. The van der Waals surface area contributed by atoms with Gasteiger partial charge in [-0.2, -0.15) is 5.26 Å². The van der Waals surface area contributed by atoms with Crippen molar-refractivity contribution in [3.63, 3.8) is 0 Å². The summed E-state index contributed by atoms with van der Waals surface area (Å²) in [6.45, 7) is 14.8. The van der Waals surface area contributed by atoms with Crippen molar-refractivity contribution >= 4 is 0 Å². The van der Waals surface area contributed by atoms with E-state index in [-0.39, 0.29) is 5.92 Å². The predicted molar refractivity (Wildman–Crippen MR) is 109 cm³/mol. The minimum Gasteiger partial charge on any atom is -0.261 e. The standard InChI is InChI=1S/C24H28N2/c1-7-16(4)21(9-3)24(23-17(5)12-13-26-18(23)6)22-11-10-19(15-25)14-20(22)8-2/h9-14,24H,3,7-8H2,1-2,4-6H3/b21-16+. The quantitative estimate of drug-likeness (QED) is 0.587. The zero-order chi connectivity index (χ0) is 19.3. The molecule has 0 saturated carbocycles. The summed E-state index contributed by atoms with van der Waals surface area (Å²) in [5.74, 6) is 0.0869. The molecule has 0 amide bonds. The van der Waals surface area contributed by atoms with Gasteiger partial charge in [-0.1, -0.05) is 38.1 Å². The van der Waals surface area contributed by atoms with E-state index in [9.17, 15) is 5.26 Å². The van der Waals surface area contributed by atoms with Crippen LogP contribution < -0.4 is 0 Å². The van der Waals surface area contributed by atoms with Gasteiger partial charge in [0.25, 0.3) is 0 Å². The monoisotopic (exact) mass is 344 g/mol. The molecule has 0 aliphatic carbocycles. The van der Waals surface area contributed by atoms with Crippen molar-refractivity contribution in [1.82, 2.24) is 4.98 Å². The van der Waals surface area contributed by atoms with Crippen molar-refractivity contribution in [2.24, 2.45) is 0 Å². The summed E-state index contributed by atoms with van der Waals surface area (Å²) in [7, 11) is 0. The van der Waals surface area contributed by atoms with Crippen LogP contribution in [0.4, 0.5) is 0 Å². The van der Waals surface area contributed by atoms with Gasteiger partial charge in [-0.3, -0.25) is 4.98 Å². The molecule has 0 radical (unpaired) electrons. The van der Waals surface area contributed by atoms with Crippen LogP contribution in [0.15, 0.2) is 54.3 Å². The minimum atomic E-state index is 0.0869. The van der Waals surface area contributed by atoms with Crippen LogP contribution in [0.2, 0.25) is 0 Å². The molecule has 134 valence electrons. The molecule has 0 N–H and O–H groups in total. The molecule has 0 aliphatic rings. The van der Waals surface area contributed by atoms with Gasteiger partial charge in [-0.05, 0) is 79.6 Å². The summed E-state index contributed by atoms with van der Waals surface area (Å²) >= 11 is 0. The van der Waals surface area contributed by atoms with Crippen molar-refractivity contribution in [2.75, 3.05) is 0 Å². The largest absolute Gasteiger partial charge is 0.261 e. The highest BCUT2D eigenvalue weighted by Gasteiger charge is 2.25. The van der Waals surface area contributed by atoms with Gasteiger partial charge in [0.05, 0.1) is 11.6 Å². The molecule has 2 aromatic rings. The molecule has 2 nitrogen and oxygen atoms in total. The van der Waals surface area contributed by atoms with E-state index in [1.165, 1.54) is 33.4 Å². The van der Waals surface area contributed by atoms with Crippen LogP contribution in [0.1, 0.15) is 66.6 Å². The number of allylic oxidation sites excluding steroid dienone is 3. The predicted octanol–water partition coefficient (Wildman–Crippen LogP) is 6.18. The molecule has 2 rings (SSSR count). The van der Waals surface area contributed by atoms with Crippen molar-refractivity contribution in [1.29, 1.82) is 5.26 Å². The Morgan fingerprint density at radius 2 is 2.00 bits per heavy atom. The van der Waals surface area contributed by atoms with Crippen LogP contribution in [0, 0.1) is 25.2 Å². The van der Waals surface area contributed by atoms with Gasteiger partial charge in [-0.15, -0.1) is 0 Å². The fourth-order valence-electron chi connectivity index (χ4n) is 3.63. The number of hydrogen-bond donors (Lipinski definition) is 0. The maximum absolute atomic E-state index is 9.29. The van der Waals surface area contributed by atoms with Crippen molar-refractivity contribution in [2.45, 2.75) is 53.4 Å². The number of nitrogens with zero attached hydrogens (tertiary/aromatic N) is 2. The molecule has 0 fully saturated rings. The lowest BCUT2D eigenvalue weighted by atomic mass is 9.77. The van der Waals surface area contributed by atoms with E-state index < -0.39 is 0 Å². The summed E-state index contributed by atoms with van der Waals surface area (Å²) in [6.07, 6.45) is 5.73. The molecular formula is C24H28N2. The molecule has 1 aromatic carbocycles. The first-order valence-electron chi connectivity index (χ1n) is 9.25. The normalized spacial score (nSPS) is 12.9. The lowest BCUT2D eigenvalue weighted by molar-refractivity contribution is 0.874. The Morgan fingerprint density at radius 1 is 1.27 bits per heavy atom. The molecule has 1 heterocycles. The molecule has 1 aromatic heterocycles. The minimum absolute atomic E-state index is 0.0869. The van der Waals surface area contributed by atoms with E-state index in [1.807, 2.05) is 24.4 Å². The highest BCUT2D eigenvalue weighted by molar-refractivity contribution is 5.53. The molecule has 0 aliphatic heterocycles. The van der Waals surface area contributed by atoms with Crippen LogP contribution in [0.5, 0.6) is 0 Å². The topological polar surface area (TPSA) is 36.7 Å². The highest BCUT2D eigenvalue weighted by Crippen LogP contribution is 2.39. The van der Waals surface area contributed by atoms with E-state index in [2.05, 4.69) is 64.4 Å². The second-order valence-corrected chi connectivity index (χ2v) is 6.73. The lowest BCUT2D eigenvalue weighted by Gasteiger charge is -2.27. The van der Waals surface area contributed by atoms with Crippen LogP contribution >= 0.6 is 0 Å². The third-order valence-corrected chi connectivity index (χ3v) is 5.21. The van der Waals surface area contributed by atoms with E-state index >= 15 is 0 Å². The number of nitriles is 1.